The van der Waals surface area contributed by atoms with Crippen LogP contribution in [0, 0.1) is 17.2 Å². The van der Waals surface area contributed by atoms with Gasteiger partial charge in [0, 0.05) is 17.6 Å². The SMILES string of the molecule is CC(CC1CC1)NCc1ccc(C#N)cc1Cl. The first kappa shape index (κ1) is 12.4. The first-order valence-electron chi connectivity index (χ1n) is 6.11. The fourth-order valence-corrected chi connectivity index (χ4v) is 2.23. The van der Waals surface area contributed by atoms with Gasteiger partial charge in [-0.25, -0.2) is 0 Å². The quantitative estimate of drug-likeness (QED) is 0.866. The Labute approximate surface area is 108 Å². The molecule has 0 bridgehead atoms. The summed E-state index contributed by atoms with van der Waals surface area (Å²) >= 11 is 6.12. The van der Waals surface area contributed by atoms with Gasteiger partial charge in [-0.05, 0) is 37.0 Å². The van der Waals surface area contributed by atoms with Crippen LogP contribution in [0.3, 0.4) is 0 Å². The maximum absolute atomic E-state index is 8.75. The Kier molecular flexibility index (Phi) is 4.04. The molecule has 1 saturated carbocycles. The topological polar surface area (TPSA) is 35.8 Å². The summed E-state index contributed by atoms with van der Waals surface area (Å²) < 4.78 is 0. The van der Waals surface area contributed by atoms with Crippen molar-refractivity contribution < 1.29 is 0 Å². The zero-order valence-electron chi connectivity index (χ0n) is 10.0. The molecule has 0 amide bonds. The van der Waals surface area contributed by atoms with Gasteiger partial charge in [0.25, 0.3) is 0 Å². The number of nitrogens with zero attached hydrogens (tertiary/aromatic N) is 1. The zero-order valence-corrected chi connectivity index (χ0v) is 10.8. The summed E-state index contributed by atoms with van der Waals surface area (Å²) in [5, 5.41) is 12.9. The van der Waals surface area contributed by atoms with Crippen LogP contribution in [-0.4, -0.2) is 6.04 Å². The molecule has 17 heavy (non-hydrogen) atoms. The van der Waals surface area contributed by atoms with Crippen LogP contribution in [0.1, 0.15) is 37.3 Å². The second-order valence-corrected chi connectivity index (χ2v) is 5.29. The molecule has 1 aromatic rings. The maximum atomic E-state index is 8.75. The highest BCUT2D eigenvalue weighted by molar-refractivity contribution is 6.31. The third-order valence-corrected chi connectivity index (χ3v) is 3.56. The Balaban J connectivity index is 1.87. The largest absolute Gasteiger partial charge is 0.310 e. The number of nitriles is 1. The number of hydrogen-bond donors (Lipinski definition) is 1. The minimum absolute atomic E-state index is 0.536. The lowest BCUT2D eigenvalue weighted by molar-refractivity contribution is 0.487. The molecule has 0 saturated heterocycles. The number of benzene rings is 1. The van der Waals surface area contributed by atoms with Crippen molar-refractivity contribution in [2.24, 2.45) is 5.92 Å². The molecule has 0 radical (unpaired) electrons. The normalized spacial score (nSPS) is 16.5. The van der Waals surface area contributed by atoms with Crippen molar-refractivity contribution in [2.45, 2.75) is 38.8 Å². The predicted molar refractivity (Wildman–Crippen MR) is 69.8 cm³/mol. The van der Waals surface area contributed by atoms with Crippen molar-refractivity contribution in [2.75, 3.05) is 0 Å². The third kappa shape index (κ3) is 3.73. The van der Waals surface area contributed by atoms with Crippen molar-refractivity contribution in [1.82, 2.24) is 5.32 Å². The average molecular weight is 249 g/mol. The molecule has 1 aliphatic carbocycles. The standard InChI is InChI=1S/C14H17ClN2/c1-10(6-11-2-3-11)17-9-13-5-4-12(8-16)7-14(13)15/h4-5,7,10-11,17H,2-3,6,9H2,1H3. The van der Waals surface area contributed by atoms with Crippen molar-refractivity contribution in [1.29, 1.82) is 5.26 Å². The van der Waals surface area contributed by atoms with Crippen LogP contribution in [0.25, 0.3) is 0 Å². The minimum Gasteiger partial charge on any atom is -0.310 e. The van der Waals surface area contributed by atoms with Crippen LogP contribution in [0.5, 0.6) is 0 Å². The van der Waals surface area contributed by atoms with E-state index in [1.807, 2.05) is 12.1 Å². The summed E-state index contributed by atoms with van der Waals surface area (Å²) in [6.07, 6.45) is 4.04. The molecule has 1 N–H and O–H groups in total. The van der Waals surface area contributed by atoms with Gasteiger partial charge in [-0.2, -0.15) is 5.26 Å². The van der Waals surface area contributed by atoms with E-state index in [1.54, 1.807) is 6.07 Å². The highest BCUT2D eigenvalue weighted by Gasteiger charge is 2.23. The van der Waals surface area contributed by atoms with E-state index in [9.17, 15) is 0 Å². The fourth-order valence-electron chi connectivity index (χ4n) is 1.98. The monoisotopic (exact) mass is 248 g/mol. The summed E-state index contributed by atoms with van der Waals surface area (Å²) in [6.45, 7) is 2.99. The Bertz CT molecular complexity index is 432. The Morgan fingerprint density at radius 1 is 1.53 bits per heavy atom. The van der Waals surface area contributed by atoms with Crippen LogP contribution in [0.4, 0.5) is 0 Å². The van der Waals surface area contributed by atoms with Gasteiger partial charge >= 0.3 is 0 Å². The van der Waals surface area contributed by atoms with Crippen molar-refractivity contribution >= 4 is 11.6 Å². The fraction of sp³-hybridized carbons (Fsp3) is 0.500. The predicted octanol–water partition coefficient (Wildman–Crippen LogP) is 3.49. The molecule has 0 aliphatic heterocycles. The summed E-state index contributed by atoms with van der Waals surface area (Å²) in [7, 11) is 0. The van der Waals surface area contributed by atoms with Gasteiger partial charge in [-0.3, -0.25) is 0 Å². The van der Waals surface area contributed by atoms with E-state index >= 15 is 0 Å². The van der Waals surface area contributed by atoms with Crippen LogP contribution in [-0.2, 0) is 6.54 Å². The Hall–Kier alpha value is -1.04. The Morgan fingerprint density at radius 2 is 2.29 bits per heavy atom. The van der Waals surface area contributed by atoms with Gasteiger partial charge in [-0.15, -0.1) is 0 Å². The van der Waals surface area contributed by atoms with E-state index in [-0.39, 0.29) is 0 Å². The van der Waals surface area contributed by atoms with Crippen LogP contribution >= 0.6 is 11.6 Å². The second-order valence-electron chi connectivity index (χ2n) is 4.88. The minimum atomic E-state index is 0.536. The van der Waals surface area contributed by atoms with Gasteiger partial charge in [0.05, 0.1) is 11.6 Å². The molecule has 0 spiro atoms. The van der Waals surface area contributed by atoms with Gasteiger partial charge in [0.1, 0.15) is 0 Å². The summed E-state index contributed by atoms with van der Waals surface area (Å²) in [5.74, 6) is 0.939. The molecule has 1 aliphatic rings. The van der Waals surface area contributed by atoms with E-state index in [2.05, 4.69) is 18.3 Å². The van der Waals surface area contributed by atoms with Gasteiger partial charge in [0.2, 0.25) is 0 Å². The smallest absolute Gasteiger partial charge is 0.0992 e. The number of halogens is 1. The van der Waals surface area contributed by atoms with E-state index in [0.717, 1.165) is 18.0 Å². The van der Waals surface area contributed by atoms with E-state index in [1.165, 1.54) is 19.3 Å². The third-order valence-electron chi connectivity index (χ3n) is 3.21. The number of rotatable bonds is 5. The molecule has 0 aromatic heterocycles. The molecular weight excluding hydrogens is 232 g/mol. The van der Waals surface area contributed by atoms with Crippen molar-refractivity contribution in [3.8, 4) is 6.07 Å². The van der Waals surface area contributed by atoms with E-state index < -0.39 is 0 Å². The molecule has 1 atom stereocenters. The number of nitrogens with one attached hydrogen (secondary N) is 1. The number of hydrogen-bond acceptors (Lipinski definition) is 2. The molecule has 0 heterocycles. The Morgan fingerprint density at radius 3 is 2.88 bits per heavy atom. The molecular formula is C14H17ClN2. The zero-order chi connectivity index (χ0) is 12.3. The van der Waals surface area contributed by atoms with Crippen molar-refractivity contribution in [3.05, 3.63) is 34.3 Å². The van der Waals surface area contributed by atoms with Gasteiger partial charge in [-0.1, -0.05) is 30.5 Å². The molecule has 1 aromatic carbocycles. The lowest BCUT2D eigenvalue weighted by Crippen LogP contribution is -2.26. The van der Waals surface area contributed by atoms with Gasteiger partial charge in [0.15, 0.2) is 0 Å². The van der Waals surface area contributed by atoms with Crippen molar-refractivity contribution in [3.63, 3.8) is 0 Å². The average Bonchev–Trinajstić information content (AvgIpc) is 3.11. The molecule has 1 fully saturated rings. The van der Waals surface area contributed by atoms with Gasteiger partial charge < -0.3 is 5.32 Å². The molecule has 2 nitrogen and oxygen atoms in total. The highest BCUT2D eigenvalue weighted by atomic mass is 35.5. The first-order chi connectivity index (χ1) is 8.19. The van der Waals surface area contributed by atoms with Crippen LogP contribution in [0.15, 0.2) is 18.2 Å². The first-order valence-corrected chi connectivity index (χ1v) is 6.48. The summed E-state index contributed by atoms with van der Waals surface area (Å²) in [4.78, 5) is 0. The summed E-state index contributed by atoms with van der Waals surface area (Å²) in [6, 6.07) is 8.09. The molecule has 2 rings (SSSR count). The lowest BCUT2D eigenvalue weighted by atomic mass is 10.1. The highest BCUT2D eigenvalue weighted by Crippen LogP contribution is 2.33. The summed E-state index contributed by atoms with van der Waals surface area (Å²) in [5.41, 5.74) is 1.68. The van der Waals surface area contributed by atoms with E-state index in [4.69, 9.17) is 16.9 Å². The van der Waals surface area contributed by atoms with Crippen LogP contribution < -0.4 is 5.32 Å². The molecule has 1 unspecified atom stereocenters. The van der Waals surface area contributed by atoms with Crippen LogP contribution in [0.2, 0.25) is 5.02 Å². The van der Waals surface area contributed by atoms with E-state index in [0.29, 0.717) is 16.6 Å². The molecule has 90 valence electrons. The maximum Gasteiger partial charge on any atom is 0.0992 e. The second kappa shape index (κ2) is 5.53. The molecule has 3 heteroatoms. The lowest BCUT2D eigenvalue weighted by Gasteiger charge is -2.14.